The maximum absolute atomic E-state index is 14.0. The highest BCUT2D eigenvalue weighted by molar-refractivity contribution is 6.11. The number of hydrogen-bond donors (Lipinski definition) is 4. The third kappa shape index (κ3) is 7.10. The van der Waals surface area contributed by atoms with Gasteiger partial charge in [-0.05, 0) is 49.2 Å². The predicted octanol–water partition coefficient (Wildman–Crippen LogP) is 5.18. The Labute approximate surface area is 236 Å². The second-order valence-electron chi connectivity index (χ2n) is 9.76. The minimum absolute atomic E-state index is 0.122. The van der Waals surface area contributed by atoms with E-state index in [1.54, 1.807) is 24.3 Å². The molecule has 2 aromatic carbocycles. The zero-order valence-corrected chi connectivity index (χ0v) is 22.6. The number of aliphatic hydroxyl groups is 2. The molecular weight excluding hydrogens is 527 g/mol. The molecule has 2 aromatic heterocycles. The minimum Gasteiger partial charge on any atom is -0.481 e. The molecule has 4 aromatic rings. The van der Waals surface area contributed by atoms with Crippen molar-refractivity contribution in [3.8, 4) is 22.3 Å². The van der Waals surface area contributed by atoms with E-state index in [1.807, 2.05) is 48.7 Å². The number of aliphatic hydroxyl groups excluding tert-OH is 2. The zero-order valence-electron chi connectivity index (χ0n) is 22.6. The van der Waals surface area contributed by atoms with E-state index in [4.69, 9.17) is 5.11 Å². The van der Waals surface area contributed by atoms with E-state index >= 15 is 0 Å². The van der Waals surface area contributed by atoms with Crippen LogP contribution in [0.25, 0.3) is 28.3 Å². The van der Waals surface area contributed by atoms with Crippen molar-refractivity contribution in [1.29, 1.82) is 0 Å². The molecule has 1 amide bonds. The summed E-state index contributed by atoms with van der Waals surface area (Å²) in [6, 6.07) is 16.6. The lowest BCUT2D eigenvalue weighted by atomic mass is 9.94. The molecule has 41 heavy (non-hydrogen) atoms. The molecule has 0 spiro atoms. The lowest BCUT2D eigenvalue weighted by Gasteiger charge is -2.17. The van der Waals surface area contributed by atoms with Crippen LogP contribution in [-0.4, -0.2) is 53.9 Å². The third-order valence-corrected chi connectivity index (χ3v) is 6.36. The van der Waals surface area contributed by atoms with Gasteiger partial charge in [0.1, 0.15) is 11.5 Å². The van der Waals surface area contributed by atoms with E-state index < -0.39 is 36.3 Å². The normalized spacial score (nSPS) is 12.9. The number of rotatable bonds is 11. The van der Waals surface area contributed by atoms with Gasteiger partial charge in [-0.15, -0.1) is 0 Å². The van der Waals surface area contributed by atoms with Crippen LogP contribution in [0.4, 0.5) is 10.3 Å². The fraction of sp³-hybridized carbons (Fsp3) is 0.226. The molecule has 1 unspecified atom stereocenters. The van der Waals surface area contributed by atoms with E-state index in [0.717, 1.165) is 5.56 Å². The number of aromatic nitrogens is 3. The van der Waals surface area contributed by atoms with Crippen LogP contribution in [0.15, 0.2) is 79.1 Å². The van der Waals surface area contributed by atoms with Gasteiger partial charge in [0.25, 0.3) is 5.91 Å². The molecule has 9 nitrogen and oxygen atoms in total. The van der Waals surface area contributed by atoms with Crippen molar-refractivity contribution < 1.29 is 29.3 Å². The second kappa shape index (κ2) is 13.1. The monoisotopic (exact) mass is 558 g/mol. The van der Waals surface area contributed by atoms with Gasteiger partial charge in [0, 0.05) is 41.7 Å². The number of carboxylic acid groups (broad SMARTS) is 1. The van der Waals surface area contributed by atoms with Crippen LogP contribution in [0.5, 0.6) is 0 Å². The summed E-state index contributed by atoms with van der Waals surface area (Å²) in [5, 5.41) is 32.4. The Morgan fingerprint density at radius 3 is 2.20 bits per heavy atom. The zero-order chi connectivity index (χ0) is 29.5. The Bertz CT molecular complexity index is 1520. The van der Waals surface area contributed by atoms with Crippen molar-refractivity contribution in [2.75, 3.05) is 5.32 Å². The molecule has 0 aliphatic carbocycles. The first-order valence-electron chi connectivity index (χ1n) is 13.1. The first kappa shape index (κ1) is 29.3. The van der Waals surface area contributed by atoms with E-state index in [-0.39, 0.29) is 18.4 Å². The SMILES string of the molecule is CC(C)n1c(C=C[C@@H](O)CC(O)CC(=O)O)c(-c2ccc(F)cc2)c(-c2ccccc2)c1C(=O)Nc1ncccn1. The largest absolute Gasteiger partial charge is 0.481 e. The summed E-state index contributed by atoms with van der Waals surface area (Å²) in [6.07, 6.45) is 3.01. The number of hydrogen-bond acceptors (Lipinski definition) is 6. The summed E-state index contributed by atoms with van der Waals surface area (Å²) in [4.78, 5) is 33.1. The van der Waals surface area contributed by atoms with Crippen molar-refractivity contribution in [1.82, 2.24) is 14.5 Å². The van der Waals surface area contributed by atoms with Crippen molar-refractivity contribution in [2.24, 2.45) is 0 Å². The van der Waals surface area contributed by atoms with E-state index in [9.17, 15) is 24.2 Å². The number of amides is 1. The summed E-state index contributed by atoms with van der Waals surface area (Å²) in [7, 11) is 0. The molecule has 0 aliphatic heterocycles. The average molecular weight is 559 g/mol. The Morgan fingerprint density at radius 1 is 0.951 bits per heavy atom. The number of aliphatic carboxylic acids is 1. The van der Waals surface area contributed by atoms with Gasteiger partial charge >= 0.3 is 5.97 Å². The first-order chi connectivity index (χ1) is 19.7. The summed E-state index contributed by atoms with van der Waals surface area (Å²) >= 11 is 0. The summed E-state index contributed by atoms with van der Waals surface area (Å²) < 4.78 is 15.8. The molecule has 0 saturated carbocycles. The van der Waals surface area contributed by atoms with Gasteiger partial charge in [-0.1, -0.05) is 48.5 Å². The molecule has 0 fully saturated rings. The van der Waals surface area contributed by atoms with Crippen LogP contribution in [0.1, 0.15) is 48.9 Å². The lowest BCUT2D eigenvalue weighted by molar-refractivity contribution is -0.139. The first-order valence-corrected chi connectivity index (χ1v) is 13.1. The van der Waals surface area contributed by atoms with Gasteiger partial charge in [-0.2, -0.15) is 0 Å². The number of benzene rings is 2. The fourth-order valence-corrected chi connectivity index (χ4v) is 4.69. The van der Waals surface area contributed by atoms with E-state index in [0.29, 0.717) is 28.1 Å². The Kier molecular flexibility index (Phi) is 9.38. The molecular formula is C31H31FN4O5. The molecule has 0 radical (unpaired) electrons. The van der Waals surface area contributed by atoms with Crippen LogP contribution >= 0.6 is 0 Å². The number of carboxylic acids is 1. The minimum atomic E-state index is -1.24. The Balaban J connectivity index is 1.96. The van der Waals surface area contributed by atoms with Crippen LogP contribution in [0, 0.1) is 5.82 Å². The fourth-order valence-electron chi connectivity index (χ4n) is 4.69. The number of carbonyl (C=O) groups excluding carboxylic acids is 1. The molecule has 212 valence electrons. The van der Waals surface area contributed by atoms with E-state index in [1.165, 1.54) is 30.6 Å². The van der Waals surface area contributed by atoms with Crippen molar-refractivity contribution in [3.05, 3.63) is 96.3 Å². The molecule has 10 heteroatoms. The van der Waals surface area contributed by atoms with Gasteiger partial charge in [-0.3, -0.25) is 14.9 Å². The average Bonchev–Trinajstić information content (AvgIpc) is 3.28. The number of carbonyl (C=O) groups is 2. The number of nitrogens with one attached hydrogen (secondary N) is 1. The second-order valence-corrected chi connectivity index (χ2v) is 9.76. The predicted molar refractivity (Wildman–Crippen MR) is 154 cm³/mol. The topological polar surface area (TPSA) is 138 Å². The number of halogens is 1. The van der Waals surface area contributed by atoms with Gasteiger partial charge < -0.3 is 19.9 Å². The lowest BCUT2D eigenvalue weighted by Crippen LogP contribution is -2.21. The van der Waals surface area contributed by atoms with Gasteiger partial charge in [0.2, 0.25) is 5.95 Å². The third-order valence-electron chi connectivity index (χ3n) is 6.36. The van der Waals surface area contributed by atoms with Crippen LogP contribution < -0.4 is 5.32 Å². The van der Waals surface area contributed by atoms with Crippen LogP contribution in [0.2, 0.25) is 0 Å². The summed E-state index contributed by atoms with van der Waals surface area (Å²) in [5.74, 6) is -1.94. The molecule has 4 rings (SSSR count). The number of anilines is 1. The Hall–Kier alpha value is -4.67. The molecule has 0 aliphatic rings. The quantitative estimate of drug-likeness (QED) is 0.199. The highest BCUT2D eigenvalue weighted by atomic mass is 19.1. The molecule has 0 saturated heterocycles. The van der Waals surface area contributed by atoms with E-state index in [2.05, 4.69) is 15.3 Å². The maximum Gasteiger partial charge on any atom is 0.305 e. The highest BCUT2D eigenvalue weighted by Crippen LogP contribution is 2.42. The molecule has 2 heterocycles. The smallest absolute Gasteiger partial charge is 0.305 e. The van der Waals surface area contributed by atoms with Gasteiger partial charge in [-0.25, -0.2) is 14.4 Å². The highest BCUT2D eigenvalue weighted by Gasteiger charge is 2.30. The van der Waals surface area contributed by atoms with Crippen molar-refractivity contribution in [2.45, 2.75) is 44.9 Å². The van der Waals surface area contributed by atoms with Crippen LogP contribution in [0.3, 0.4) is 0 Å². The molecule has 0 bridgehead atoms. The molecule has 2 atom stereocenters. The van der Waals surface area contributed by atoms with Crippen molar-refractivity contribution in [3.63, 3.8) is 0 Å². The van der Waals surface area contributed by atoms with Gasteiger partial charge in [0.15, 0.2) is 0 Å². The molecule has 4 N–H and O–H groups in total. The summed E-state index contributed by atoms with van der Waals surface area (Å²) in [6.45, 7) is 3.81. The standard InChI is InChI=1S/C31H31FN4O5/c1-19(2)36-25(14-13-23(37)17-24(38)18-26(39)40)27(21-9-11-22(32)12-10-21)28(20-7-4-3-5-8-20)29(36)30(41)35-31-33-15-6-16-34-31/h3-16,19,23-24,37-38H,17-18H2,1-2H3,(H,39,40)(H,33,34,35,41)/t23-,24?/m1/s1. The maximum atomic E-state index is 14.0. The van der Waals surface area contributed by atoms with Gasteiger partial charge in [0.05, 0.1) is 18.6 Å². The number of nitrogens with zero attached hydrogens (tertiary/aromatic N) is 3. The van der Waals surface area contributed by atoms with Crippen LogP contribution in [-0.2, 0) is 4.79 Å². The van der Waals surface area contributed by atoms with Crippen molar-refractivity contribution >= 4 is 23.9 Å². The summed E-state index contributed by atoms with van der Waals surface area (Å²) in [5.41, 5.74) is 3.43. The Morgan fingerprint density at radius 2 is 1.59 bits per heavy atom.